The first-order valence-electron chi connectivity index (χ1n) is 7.92. The van der Waals surface area contributed by atoms with E-state index >= 15 is 0 Å². The van der Waals surface area contributed by atoms with Gasteiger partial charge >= 0.3 is 0 Å². The Morgan fingerprint density at radius 3 is 2.46 bits per heavy atom. The van der Waals surface area contributed by atoms with Crippen molar-refractivity contribution in [3.05, 3.63) is 89.2 Å². The summed E-state index contributed by atoms with van der Waals surface area (Å²) >= 11 is 1.35. The number of anilines is 1. The molecule has 3 nitrogen and oxygen atoms in total. The zero-order valence-corrected chi connectivity index (χ0v) is 14.8. The van der Waals surface area contributed by atoms with Crippen LogP contribution in [0.15, 0.2) is 76.5 Å². The number of nitriles is 1. The van der Waals surface area contributed by atoms with Gasteiger partial charge < -0.3 is 5.32 Å². The van der Waals surface area contributed by atoms with Crippen LogP contribution in [0.1, 0.15) is 21.5 Å². The molecule has 1 N–H and O–H groups in total. The summed E-state index contributed by atoms with van der Waals surface area (Å²) in [6.45, 7) is 1.67. The summed E-state index contributed by atoms with van der Waals surface area (Å²) in [4.78, 5) is 14.2. The zero-order chi connectivity index (χ0) is 18.5. The lowest BCUT2D eigenvalue weighted by Gasteiger charge is -2.11. The Kier molecular flexibility index (Phi) is 5.35. The largest absolute Gasteiger partial charge is 0.322 e. The van der Waals surface area contributed by atoms with Gasteiger partial charge in [-0.3, -0.25) is 4.79 Å². The fraction of sp³-hybridized carbons (Fsp3) is 0.0476. The van der Waals surface area contributed by atoms with Crippen LogP contribution in [0, 0.1) is 24.1 Å². The molecule has 3 aromatic rings. The van der Waals surface area contributed by atoms with Gasteiger partial charge in [-0.25, -0.2) is 4.39 Å². The minimum absolute atomic E-state index is 0.328. The highest BCUT2D eigenvalue weighted by atomic mass is 32.2. The van der Waals surface area contributed by atoms with E-state index in [1.807, 2.05) is 24.3 Å². The lowest BCUT2D eigenvalue weighted by molar-refractivity contribution is 0.102. The van der Waals surface area contributed by atoms with Crippen LogP contribution in [-0.2, 0) is 0 Å². The average molecular weight is 362 g/mol. The van der Waals surface area contributed by atoms with Crippen LogP contribution in [0.4, 0.5) is 10.1 Å². The molecular weight excluding hydrogens is 347 g/mol. The highest BCUT2D eigenvalue weighted by molar-refractivity contribution is 7.99. The topological polar surface area (TPSA) is 52.9 Å². The molecule has 5 heteroatoms. The van der Waals surface area contributed by atoms with Crippen molar-refractivity contribution >= 4 is 23.4 Å². The second-order valence-electron chi connectivity index (χ2n) is 5.62. The van der Waals surface area contributed by atoms with E-state index < -0.39 is 0 Å². The van der Waals surface area contributed by atoms with Crippen molar-refractivity contribution in [2.24, 2.45) is 0 Å². The van der Waals surface area contributed by atoms with Gasteiger partial charge in [0.05, 0.1) is 11.1 Å². The van der Waals surface area contributed by atoms with Crippen molar-refractivity contribution in [3.8, 4) is 6.07 Å². The number of carbonyl (C=O) groups is 1. The maximum absolute atomic E-state index is 13.7. The van der Waals surface area contributed by atoms with E-state index in [0.29, 0.717) is 22.4 Å². The van der Waals surface area contributed by atoms with E-state index in [-0.39, 0.29) is 11.7 Å². The maximum Gasteiger partial charge on any atom is 0.256 e. The highest BCUT2D eigenvalue weighted by Gasteiger charge is 2.14. The molecule has 0 spiro atoms. The van der Waals surface area contributed by atoms with Gasteiger partial charge in [0, 0.05) is 15.5 Å². The van der Waals surface area contributed by atoms with Crippen LogP contribution in [-0.4, -0.2) is 5.91 Å². The summed E-state index contributed by atoms with van der Waals surface area (Å²) in [5.74, 6) is -0.695. The van der Waals surface area contributed by atoms with Crippen LogP contribution >= 0.6 is 11.8 Å². The minimum Gasteiger partial charge on any atom is -0.322 e. The molecule has 3 rings (SSSR count). The number of hydrogen-bond acceptors (Lipinski definition) is 3. The van der Waals surface area contributed by atoms with Gasteiger partial charge in [-0.2, -0.15) is 5.26 Å². The normalized spacial score (nSPS) is 10.2. The van der Waals surface area contributed by atoms with Gasteiger partial charge in [-0.15, -0.1) is 0 Å². The molecular formula is C21H15FN2OS. The maximum atomic E-state index is 13.7. The van der Waals surface area contributed by atoms with Gasteiger partial charge in [0.2, 0.25) is 0 Å². The average Bonchev–Trinajstić information content (AvgIpc) is 2.65. The molecule has 0 fully saturated rings. The van der Waals surface area contributed by atoms with Crippen molar-refractivity contribution < 1.29 is 9.18 Å². The molecule has 0 bridgehead atoms. The van der Waals surface area contributed by atoms with E-state index in [2.05, 4.69) is 11.4 Å². The molecule has 128 valence electrons. The van der Waals surface area contributed by atoms with E-state index in [0.717, 1.165) is 9.79 Å². The molecule has 0 radical (unpaired) electrons. The SMILES string of the molecule is Cc1ccc(NC(=O)c2ccccc2Sc2ccccc2C#N)cc1F. The Hall–Kier alpha value is -3.10. The number of amides is 1. The van der Waals surface area contributed by atoms with E-state index in [4.69, 9.17) is 0 Å². The van der Waals surface area contributed by atoms with Gasteiger partial charge in [0.1, 0.15) is 11.9 Å². The molecule has 1 amide bonds. The smallest absolute Gasteiger partial charge is 0.256 e. The molecule has 0 aliphatic rings. The molecule has 0 unspecified atom stereocenters. The van der Waals surface area contributed by atoms with Crippen LogP contribution in [0.2, 0.25) is 0 Å². The summed E-state index contributed by atoms with van der Waals surface area (Å²) < 4.78 is 13.7. The monoisotopic (exact) mass is 362 g/mol. The lowest BCUT2D eigenvalue weighted by Crippen LogP contribution is -2.13. The van der Waals surface area contributed by atoms with Gasteiger partial charge in [-0.05, 0) is 48.9 Å². The molecule has 0 atom stereocenters. The van der Waals surface area contributed by atoms with Crippen molar-refractivity contribution in [3.63, 3.8) is 0 Å². The molecule has 0 saturated heterocycles. The third-order valence-corrected chi connectivity index (χ3v) is 4.94. The van der Waals surface area contributed by atoms with Crippen molar-refractivity contribution in [2.75, 3.05) is 5.32 Å². The lowest BCUT2D eigenvalue weighted by atomic mass is 10.2. The second-order valence-corrected chi connectivity index (χ2v) is 6.71. The number of halogens is 1. The molecule has 0 aliphatic heterocycles. The van der Waals surface area contributed by atoms with E-state index in [1.54, 1.807) is 43.3 Å². The predicted molar refractivity (Wildman–Crippen MR) is 101 cm³/mol. The van der Waals surface area contributed by atoms with Gasteiger partial charge in [0.25, 0.3) is 5.91 Å². The van der Waals surface area contributed by atoms with Crippen LogP contribution in [0.5, 0.6) is 0 Å². The fourth-order valence-corrected chi connectivity index (χ4v) is 3.40. The number of carbonyl (C=O) groups excluding carboxylic acids is 1. The molecule has 3 aromatic carbocycles. The molecule has 0 heterocycles. The molecule has 0 saturated carbocycles. The Labute approximate surface area is 155 Å². The summed E-state index contributed by atoms with van der Waals surface area (Å²) in [5, 5.41) is 12.0. The number of hydrogen-bond donors (Lipinski definition) is 1. The van der Waals surface area contributed by atoms with Crippen molar-refractivity contribution in [1.82, 2.24) is 0 Å². The Morgan fingerprint density at radius 2 is 1.73 bits per heavy atom. The quantitative estimate of drug-likeness (QED) is 0.675. The van der Waals surface area contributed by atoms with E-state index in [9.17, 15) is 14.4 Å². The third-order valence-electron chi connectivity index (χ3n) is 3.79. The van der Waals surface area contributed by atoms with Crippen molar-refractivity contribution in [2.45, 2.75) is 16.7 Å². The minimum atomic E-state index is -0.367. The van der Waals surface area contributed by atoms with Gasteiger partial charge in [0.15, 0.2) is 0 Å². The van der Waals surface area contributed by atoms with Gasteiger partial charge in [-0.1, -0.05) is 42.1 Å². The second kappa shape index (κ2) is 7.85. The highest BCUT2D eigenvalue weighted by Crippen LogP contribution is 2.33. The van der Waals surface area contributed by atoms with Crippen LogP contribution in [0.3, 0.4) is 0 Å². The summed E-state index contributed by atoms with van der Waals surface area (Å²) in [6, 6.07) is 21.1. The number of nitrogens with one attached hydrogen (secondary N) is 1. The first-order chi connectivity index (χ1) is 12.6. The number of aryl methyl sites for hydroxylation is 1. The summed E-state index contributed by atoms with van der Waals surface area (Å²) in [6.07, 6.45) is 0. The Morgan fingerprint density at radius 1 is 1.04 bits per heavy atom. The van der Waals surface area contributed by atoms with Crippen LogP contribution in [0.25, 0.3) is 0 Å². The first kappa shape index (κ1) is 17.7. The van der Waals surface area contributed by atoms with Crippen LogP contribution < -0.4 is 5.32 Å². The summed E-state index contributed by atoms with van der Waals surface area (Å²) in [5.41, 5.74) is 1.93. The first-order valence-corrected chi connectivity index (χ1v) is 8.73. The summed E-state index contributed by atoms with van der Waals surface area (Å²) in [7, 11) is 0. The Bertz CT molecular complexity index is 1010. The molecule has 0 aromatic heterocycles. The standard InChI is InChI=1S/C21H15FN2OS/c1-14-10-11-16(12-18(14)22)24-21(25)17-7-3-5-9-20(17)26-19-8-4-2-6-15(19)13-23/h2-12H,1H3,(H,24,25). The number of benzene rings is 3. The fourth-order valence-electron chi connectivity index (χ4n) is 2.38. The number of nitrogens with zero attached hydrogens (tertiary/aromatic N) is 1. The Balaban J connectivity index is 1.88. The predicted octanol–water partition coefficient (Wildman–Crippen LogP) is 5.41. The molecule has 26 heavy (non-hydrogen) atoms. The molecule has 0 aliphatic carbocycles. The zero-order valence-electron chi connectivity index (χ0n) is 14.0. The third kappa shape index (κ3) is 3.93. The number of rotatable bonds is 4. The van der Waals surface area contributed by atoms with E-state index in [1.165, 1.54) is 17.8 Å². The van der Waals surface area contributed by atoms with Crippen molar-refractivity contribution in [1.29, 1.82) is 5.26 Å².